The minimum absolute atomic E-state index is 0.0299. The van der Waals surface area contributed by atoms with Gasteiger partial charge in [0.05, 0.1) is 6.10 Å². The van der Waals surface area contributed by atoms with Gasteiger partial charge in [0, 0.05) is 13.0 Å². The fourth-order valence-corrected chi connectivity index (χ4v) is 2.41. The van der Waals surface area contributed by atoms with Crippen molar-refractivity contribution in [2.75, 3.05) is 6.61 Å². The Balaban J connectivity index is 2.04. The fraction of sp³-hybridized carbons (Fsp3) is 0.647. The van der Waals surface area contributed by atoms with E-state index in [1.54, 1.807) is 0 Å². The molecule has 1 aromatic carbocycles. The van der Waals surface area contributed by atoms with Crippen LogP contribution >= 0.6 is 0 Å². The molecule has 0 spiro atoms. The van der Waals surface area contributed by atoms with Gasteiger partial charge in [-0.05, 0) is 36.5 Å². The first-order valence-corrected chi connectivity index (χ1v) is 7.59. The second-order valence-corrected chi connectivity index (χ2v) is 5.97. The van der Waals surface area contributed by atoms with Crippen molar-refractivity contribution < 1.29 is 14.6 Å². The van der Waals surface area contributed by atoms with Gasteiger partial charge in [-0.1, -0.05) is 32.9 Å². The molecule has 3 atom stereocenters. The molecule has 20 heavy (non-hydrogen) atoms. The summed E-state index contributed by atoms with van der Waals surface area (Å²) < 4.78 is 11.7. The van der Waals surface area contributed by atoms with E-state index in [0.29, 0.717) is 18.9 Å². The molecule has 2 rings (SSSR count). The van der Waals surface area contributed by atoms with Gasteiger partial charge in [0.15, 0.2) is 0 Å². The van der Waals surface area contributed by atoms with E-state index in [-0.39, 0.29) is 18.3 Å². The fourth-order valence-electron chi connectivity index (χ4n) is 2.41. The van der Waals surface area contributed by atoms with Crippen LogP contribution in [0.3, 0.4) is 0 Å². The van der Waals surface area contributed by atoms with Crippen LogP contribution in [0.1, 0.15) is 50.7 Å². The number of rotatable bonds is 6. The van der Waals surface area contributed by atoms with E-state index in [4.69, 9.17) is 9.47 Å². The summed E-state index contributed by atoms with van der Waals surface area (Å²) in [5.41, 5.74) is 2.40. The molecule has 1 fully saturated rings. The maximum absolute atomic E-state index is 9.79. The van der Waals surface area contributed by atoms with Crippen LogP contribution in [0, 0.1) is 6.92 Å². The second-order valence-electron chi connectivity index (χ2n) is 5.97. The predicted molar refractivity (Wildman–Crippen MR) is 80.3 cm³/mol. The molecule has 1 saturated carbocycles. The molecule has 1 N–H and O–H groups in total. The van der Waals surface area contributed by atoms with Crippen molar-refractivity contribution in [1.29, 1.82) is 0 Å². The van der Waals surface area contributed by atoms with Gasteiger partial charge >= 0.3 is 0 Å². The van der Waals surface area contributed by atoms with Crippen LogP contribution in [0.2, 0.25) is 0 Å². The second kappa shape index (κ2) is 6.59. The average Bonchev–Trinajstić information content (AvgIpc) is 2.40. The molecule has 0 radical (unpaired) electrons. The van der Waals surface area contributed by atoms with Crippen molar-refractivity contribution in [3.8, 4) is 5.75 Å². The third-order valence-corrected chi connectivity index (χ3v) is 3.89. The maximum Gasteiger partial charge on any atom is 0.130 e. The van der Waals surface area contributed by atoms with Crippen molar-refractivity contribution in [3.05, 3.63) is 29.3 Å². The SMILES string of the molecule is CCCOC1C(O)CC1Oc1cc(C(C)C)ccc1C. The minimum atomic E-state index is -0.389. The highest BCUT2D eigenvalue weighted by Crippen LogP contribution is 2.32. The van der Waals surface area contributed by atoms with Crippen LogP contribution in [-0.2, 0) is 4.74 Å². The lowest BCUT2D eigenvalue weighted by Crippen LogP contribution is -2.55. The number of aryl methyl sites for hydroxylation is 1. The van der Waals surface area contributed by atoms with E-state index in [1.807, 2.05) is 0 Å². The molecule has 1 aromatic rings. The molecule has 3 heteroatoms. The van der Waals surface area contributed by atoms with Gasteiger partial charge in [-0.25, -0.2) is 0 Å². The first-order valence-electron chi connectivity index (χ1n) is 7.59. The van der Waals surface area contributed by atoms with Gasteiger partial charge < -0.3 is 14.6 Å². The van der Waals surface area contributed by atoms with Crippen molar-refractivity contribution >= 4 is 0 Å². The smallest absolute Gasteiger partial charge is 0.130 e. The maximum atomic E-state index is 9.79. The quantitative estimate of drug-likeness (QED) is 0.866. The lowest BCUT2D eigenvalue weighted by Gasteiger charge is -2.41. The Morgan fingerprint density at radius 2 is 2.10 bits per heavy atom. The zero-order valence-electron chi connectivity index (χ0n) is 12.9. The van der Waals surface area contributed by atoms with Gasteiger partial charge in [0.1, 0.15) is 18.0 Å². The Morgan fingerprint density at radius 1 is 1.35 bits per heavy atom. The monoisotopic (exact) mass is 278 g/mol. The van der Waals surface area contributed by atoms with E-state index >= 15 is 0 Å². The van der Waals surface area contributed by atoms with Crippen molar-refractivity contribution in [2.24, 2.45) is 0 Å². The Hall–Kier alpha value is -1.06. The summed E-state index contributed by atoms with van der Waals surface area (Å²) in [5.74, 6) is 1.40. The average molecular weight is 278 g/mol. The third kappa shape index (κ3) is 3.33. The van der Waals surface area contributed by atoms with Crippen LogP contribution < -0.4 is 4.74 Å². The molecule has 0 heterocycles. The zero-order chi connectivity index (χ0) is 14.7. The molecule has 1 aliphatic carbocycles. The van der Waals surface area contributed by atoms with Crippen molar-refractivity contribution in [1.82, 2.24) is 0 Å². The van der Waals surface area contributed by atoms with Crippen LogP contribution in [0.5, 0.6) is 5.75 Å². The summed E-state index contributed by atoms with van der Waals surface area (Å²) in [6, 6.07) is 6.36. The van der Waals surface area contributed by atoms with Gasteiger partial charge in [0.2, 0.25) is 0 Å². The number of hydrogen-bond donors (Lipinski definition) is 1. The topological polar surface area (TPSA) is 38.7 Å². The number of aliphatic hydroxyl groups is 1. The number of ether oxygens (including phenoxy) is 2. The molecular formula is C17H26O3. The number of benzene rings is 1. The van der Waals surface area contributed by atoms with Crippen LogP contribution in [-0.4, -0.2) is 30.0 Å². The minimum Gasteiger partial charge on any atom is -0.487 e. The number of aliphatic hydroxyl groups excluding tert-OH is 1. The van der Waals surface area contributed by atoms with E-state index in [1.165, 1.54) is 5.56 Å². The van der Waals surface area contributed by atoms with Crippen LogP contribution in [0.15, 0.2) is 18.2 Å². The zero-order valence-corrected chi connectivity index (χ0v) is 12.9. The standard InChI is InChI=1S/C17H26O3/c1-5-8-19-17-14(18)10-16(17)20-15-9-13(11(2)3)7-6-12(15)4/h6-7,9,11,14,16-18H,5,8,10H2,1-4H3. The highest BCUT2D eigenvalue weighted by molar-refractivity contribution is 5.38. The molecule has 0 saturated heterocycles. The Morgan fingerprint density at radius 3 is 2.70 bits per heavy atom. The van der Waals surface area contributed by atoms with Gasteiger partial charge in [0.25, 0.3) is 0 Å². The largest absolute Gasteiger partial charge is 0.487 e. The predicted octanol–water partition coefficient (Wildman–Crippen LogP) is 3.43. The molecule has 0 amide bonds. The van der Waals surface area contributed by atoms with Gasteiger partial charge in [-0.15, -0.1) is 0 Å². The molecule has 0 bridgehead atoms. The van der Waals surface area contributed by atoms with E-state index < -0.39 is 0 Å². The molecule has 0 aliphatic heterocycles. The van der Waals surface area contributed by atoms with Crippen molar-refractivity contribution in [3.63, 3.8) is 0 Å². The van der Waals surface area contributed by atoms with E-state index in [2.05, 4.69) is 45.9 Å². The Kier molecular flexibility index (Phi) is 5.06. The molecular weight excluding hydrogens is 252 g/mol. The molecule has 3 nitrogen and oxygen atoms in total. The van der Waals surface area contributed by atoms with Gasteiger partial charge in [-0.3, -0.25) is 0 Å². The number of hydrogen-bond acceptors (Lipinski definition) is 3. The summed E-state index contributed by atoms with van der Waals surface area (Å²) in [6.07, 6.45) is 1.01. The summed E-state index contributed by atoms with van der Waals surface area (Å²) in [5, 5.41) is 9.79. The van der Waals surface area contributed by atoms with E-state index in [9.17, 15) is 5.11 Å². The highest BCUT2D eigenvalue weighted by atomic mass is 16.6. The molecule has 112 valence electrons. The summed E-state index contributed by atoms with van der Waals surface area (Å²) in [4.78, 5) is 0. The highest BCUT2D eigenvalue weighted by Gasteiger charge is 2.43. The van der Waals surface area contributed by atoms with Gasteiger partial charge in [-0.2, -0.15) is 0 Å². The van der Waals surface area contributed by atoms with Crippen LogP contribution in [0.4, 0.5) is 0 Å². The summed E-state index contributed by atoms with van der Waals surface area (Å²) in [6.45, 7) is 9.14. The molecule has 3 unspecified atom stereocenters. The normalized spacial score (nSPS) is 25.6. The van der Waals surface area contributed by atoms with Crippen LogP contribution in [0.25, 0.3) is 0 Å². The first kappa shape index (κ1) is 15.3. The Bertz CT molecular complexity index is 442. The third-order valence-electron chi connectivity index (χ3n) is 3.89. The van der Waals surface area contributed by atoms with Crippen molar-refractivity contribution in [2.45, 2.75) is 64.8 Å². The first-order chi connectivity index (χ1) is 9.52. The Labute approximate surface area is 121 Å². The lowest BCUT2D eigenvalue weighted by molar-refractivity contribution is -0.162. The lowest BCUT2D eigenvalue weighted by atomic mass is 9.87. The summed E-state index contributed by atoms with van der Waals surface area (Å²) >= 11 is 0. The molecule has 0 aromatic heterocycles. The molecule has 1 aliphatic rings. The van der Waals surface area contributed by atoms with E-state index in [0.717, 1.165) is 17.7 Å². The summed E-state index contributed by atoms with van der Waals surface area (Å²) in [7, 11) is 0.